The maximum Gasteiger partial charge on any atom is 0.433 e. The highest BCUT2D eigenvalue weighted by Gasteiger charge is 2.37. The first-order valence-corrected chi connectivity index (χ1v) is 14.5. The molecule has 1 N–H and O–H groups in total. The van der Waals surface area contributed by atoms with Crippen LogP contribution in [-0.4, -0.2) is 95.9 Å². The molecule has 2 saturated heterocycles. The van der Waals surface area contributed by atoms with E-state index in [1.165, 1.54) is 24.0 Å². The van der Waals surface area contributed by atoms with Crippen LogP contribution in [0, 0.1) is 0 Å². The van der Waals surface area contributed by atoms with Gasteiger partial charge in [0.25, 0.3) is 10.0 Å². The van der Waals surface area contributed by atoms with Crippen molar-refractivity contribution < 1.29 is 36.0 Å². The lowest BCUT2D eigenvalue weighted by Crippen LogP contribution is -2.54. The highest BCUT2D eigenvalue weighted by Crippen LogP contribution is 2.35. The number of piperidine rings is 1. The molecule has 0 spiro atoms. The van der Waals surface area contributed by atoms with E-state index < -0.39 is 33.8 Å². The average Bonchev–Trinajstić information content (AvgIpc) is 3.60. The third-order valence-electron chi connectivity index (χ3n) is 6.98. The molecule has 4 rings (SSSR count). The number of amides is 3. The summed E-state index contributed by atoms with van der Waals surface area (Å²) in [6.45, 7) is 2.39. The molecule has 4 heterocycles. The normalized spacial score (nSPS) is 20.5. The average molecular weight is 591 g/mol. The number of alkyl halides is 3. The standard InChI is InChI=1S/C23H29F3N6O5S2/c1-14(33)29(2)15-8-10-31(12-15)20(34)13-32-9-4-5-16(22(32)35)28-39(36,37)21-7-6-18(38-21)17-11-19(23(24,25)26)30(3)27-17/h6-7,11,15-16,28H,4-5,8-10,12-13H2,1-3H3. The number of carbonyl (C=O) groups is 3. The Morgan fingerprint density at radius 1 is 1.23 bits per heavy atom. The molecule has 0 aromatic carbocycles. The predicted octanol–water partition coefficient (Wildman–Crippen LogP) is 1.52. The Labute approximate surface area is 227 Å². The summed E-state index contributed by atoms with van der Waals surface area (Å²) in [5.74, 6) is -0.895. The largest absolute Gasteiger partial charge is 0.433 e. The van der Waals surface area contributed by atoms with Crippen molar-refractivity contribution in [3.63, 3.8) is 0 Å². The number of halogens is 3. The number of sulfonamides is 1. The van der Waals surface area contributed by atoms with Gasteiger partial charge in [-0.2, -0.15) is 23.0 Å². The van der Waals surface area contributed by atoms with Gasteiger partial charge >= 0.3 is 6.18 Å². The van der Waals surface area contributed by atoms with Crippen LogP contribution in [-0.2, 0) is 37.6 Å². The number of nitrogens with zero attached hydrogens (tertiary/aromatic N) is 5. The summed E-state index contributed by atoms with van der Waals surface area (Å²) < 4.78 is 68.3. The fourth-order valence-electron chi connectivity index (χ4n) is 4.71. The zero-order valence-corrected chi connectivity index (χ0v) is 23.2. The van der Waals surface area contributed by atoms with Crippen LogP contribution in [0.4, 0.5) is 13.2 Å². The van der Waals surface area contributed by atoms with Gasteiger partial charge in [-0.1, -0.05) is 0 Å². The number of carbonyl (C=O) groups excluding carboxylic acids is 3. The maximum atomic E-state index is 13.1. The second kappa shape index (κ2) is 10.9. The Hall–Kier alpha value is -2.98. The van der Waals surface area contributed by atoms with Crippen molar-refractivity contribution in [3.05, 3.63) is 23.9 Å². The summed E-state index contributed by atoms with van der Waals surface area (Å²) in [5.41, 5.74) is -0.987. The molecule has 39 heavy (non-hydrogen) atoms. The molecule has 2 aliphatic heterocycles. The smallest absolute Gasteiger partial charge is 0.341 e. The summed E-state index contributed by atoms with van der Waals surface area (Å²) in [4.78, 5) is 42.3. The third kappa shape index (κ3) is 6.27. The first-order valence-electron chi connectivity index (χ1n) is 12.2. The third-order valence-corrected chi connectivity index (χ3v) is 10.1. The van der Waals surface area contributed by atoms with Crippen molar-refractivity contribution in [1.29, 1.82) is 0 Å². The van der Waals surface area contributed by atoms with E-state index in [0.29, 0.717) is 37.2 Å². The quantitative estimate of drug-likeness (QED) is 0.522. The highest BCUT2D eigenvalue weighted by molar-refractivity contribution is 7.91. The number of likely N-dealkylation sites (N-methyl/N-ethyl adjacent to an activating group) is 1. The van der Waals surface area contributed by atoms with Gasteiger partial charge in [0, 0.05) is 40.7 Å². The number of rotatable bonds is 7. The lowest BCUT2D eigenvalue weighted by molar-refractivity contribution is -0.143. The van der Waals surface area contributed by atoms with E-state index in [-0.39, 0.29) is 45.6 Å². The van der Waals surface area contributed by atoms with Gasteiger partial charge in [-0.15, -0.1) is 11.3 Å². The summed E-state index contributed by atoms with van der Waals surface area (Å²) in [7, 11) is -1.34. The number of hydrogen-bond donors (Lipinski definition) is 1. The molecule has 2 atom stereocenters. The van der Waals surface area contributed by atoms with E-state index in [9.17, 15) is 36.0 Å². The van der Waals surface area contributed by atoms with E-state index in [2.05, 4.69) is 9.82 Å². The Balaban J connectivity index is 1.40. The van der Waals surface area contributed by atoms with Crippen molar-refractivity contribution >= 4 is 39.1 Å². The van der Waals surface area contributed by atoms with Crippen LogP contribution in [0.25, 0.3) is 10.6 Å². The fourth-order valence-corrected chi connectivity index (χ4v) is 7.21. The van der Waals surface area contributed by atoms with Crippen molar-refractivity contribution in [2.75, 3.05) is 33.2 Å². The van der Waals surface area contributed by atoms with Crippen molar-refractivity contribution in [3.8, 4) is 10.6 Å². The van der Waals surface area contributed by atoms with Crippen molar-refractivity contribution in [1.82, 2.24) is 29.2 Å². The van der Waals surface area contributed by atoms with Gasteiger partial charge in [0.2, 0.25) is 17.7 Å². The molecule has 0 aliphatic carbocycles. The Morgan fingerprint density at radius 2 is 1.95 bits per heavy atom. The second-order valence-corrected chi connectivity index (χ2v) is 12.7. The van der Waals surface area contributed by atoms with E-state index in [0.717, 1.165) is 24.5 Å². The van der Waals surface area contributed by atoms with E-state index in [1.807, 2.05) is 0 Å². The van der Waals surface area contributed by atoms with Crippen molar-refractivity contribution in [2.24, 2.45) is 7.05 Å². The first kappa shape index (κ1) is 29.0. The van der Waals surface area contributed by atoms with Crippen LogP contribution in [0.15, 0.2) is 22.4 Å². The molecular weight excluding hydrogens is 561 g/mol. The summed E-state index contributed by atoms with van der Waals surface area (Å²) >= 11 is 0.741. The molecule has 3 amide bonds. The molecule has 2 fully saturated rings. The minimum absolute atomic E-state index is 0.0200. The van der Waals surface area contributed by atoms with Crippen LogP contribution in [0.3, 0.4) is 0 Å². The van der Waals surface area contributed by atoms with E-state index in [1.54, 1.807) is 16.8 Å². The van der Waals surface area contributed by atoms with Crippen LogP contribution >= 0.6 is 11.3 Å². The molecule has 0 saturated carbocycles. The van der Waals surface area contributed by atoms with Crippen LogP contribution in [0.1, 0.15) is 31.9 Å². The van der Waals surface area contributed by atoms with Crippen molar-refractivity contribution in [2.45, 2.75) is 48.7 Å². The zero-order chi connectivity index (χ0) is 28.7. The van der Waals surface area contributed by atoms with Gasteiger partial charge in [0.1, 0.15) is 21.6 Å². The van der Waals surface area contributed by atoms with Crippen LogP contribution in [0.5, 0.6) is 0 Å². The number of aromatic nitrogens is 2. The second-order valence-electron chi connectivity index (χ2n) is 9.64. The molecule has 214 valence electrons. The molecule has 0 radical (unpaired) electrons. The SMILES string of the molecule is CC(=O)N(C)C1CCN(C(=O)CN2CCCC(NS(=O)(=O)c3ccc(-c4cc(C(F)(F)F)n(C)n4)s3)C2=O)C1. The molecular formula is C23H29F3N6O5S2. The minimum atomic E-state index is -4.61. The van der Waals surface area contributed by atoms with Gasteiger partial charge in [0.05, 0.1) is 17.5 Å². The fraction of sp³-hybridized carbons (Fsp3) is 0.565. The first-order chi connectivity index (χ1) is 18.2. The topological polar surface area (TPSA) is 125 Å². The molecule has 2 aliphatic rings. The predicted molar refractivity (Wildman–Crippen MR) is 135 cm³/mol. The van der Waals surface area contributed by atoms with Crippen LogP contribution in [0.2, 0.25) is 0 Å². The minimum Gasteiger partial charge on any atom is -0.341 e. The lowest BCUT2D eigenvalue weighted by atomic mass is 10.1. The van der Waals surface area contributed by atoms with Gasteiger partial charge in [-0.3, -0.25) is 19.1 Å². The molecule has 16 heteroatoms. The van der Waals surface area contributed by atoms with Gasteiger partial charge < -0.3 is 14.7 Å². The summed E-state index contributed by atoms with van der Waals surface area (Å²) in [6.07, 6.45) is -3.25. The monoisotopic (exact) mass is 590 g/mol. The van der Waals surface area contributed by atoms with E-state index >= 15 is 0 Å². The summed E-state index contributed by atoms with van der Waals surface area (Å²) in [6, 6.07) is 2.28. The number of hydrogen-bond acceptors (Lipinski definition) is 7. The Kier molecular flexibility index (Phi) is 8.10. The van der Waals surface area contributed by atoms with Gasteiger partial charge in [0.15, 0.2) is 0 Å². The molecule has 2 aromatic heterocycles. The maximum absolute atomic E-state index is 13.1. The van der Waals surface area contributed by atoms with E-state index in [4.69, 9.17) is 0 Å². The van der Waals surface area contributed by atoms with Crippen LogP contribution < -0.4 is 4.72 Å². The zero-order valence-electron chi connectivity index (χ0n) is 21.6. The Morgan fingerprint density at radius 3 is 2.59 bits per heavy atom. The number of aryl methyl sites for hydroxylation is 1. The number of nitrogens with one attached hydrogen (secondary N) is 1. The van der Waals surface area contributed by atoms with Gasteiger partial charge in [-0.05, 0) is 37.5 Å². The molecule has 2 aromatic rings. The lowest BCUT2D eigenvalue weighted by Gasteiger charge is -2.33. The molecule has 0 bridgehead atoms. The highest BCUT2D eigenvalue weighted by atomic mass is 32.2. The number of thiophene rings is 1. The molecule has 2 unspecified atom stereocenters. The molecule has 11 nitrogen and oxygen atoms in total. The summed E-state index contributed by atoms with van der Waals surface area (Å²) in [5, 5.41) is 3.84. The van der Waals surface area contributed by atoms with Gasteiger partial charge in [-0.25, -0.2) is 8.42 Å². The number of likely N-dealkylation sites (tertiary alicyclic amines) is 2. The Bertz CT molecular complexity index is 1370.